The zero-order valence-electron chi connectivity index (χ0n) is 44.0. The molecule has 5 aromatic heterocycles. The summed E-state index contributed by atoms with van der Waals surface area (Å²) in [6.45, 7) is 36.8. The molecule has 0 radical (unpaired) electrons. The number of hydrogen-bond acceptors (Lipinski definition) is 16. The van der Waals surface area contributed by atoms with E-state index in [4.69, 9.17) is 13.8 Å². The van der Waals surface area contributed by atoms with Gasteiger partial charge in [0, 0.05) is 89.5 Å². The Morgan fingerprint density at radius 3 is 1.46 bits per heavy atom. The number of H-pyrrole nitrogens is 4. The van der Waals surface area contributed by atoms with Crippen molar-refractivity contribution >= 4 is 40.9 Å². The van der Waals surface area contributed by atoms with Gasteiger partial charge in [0.2, 0.25) is 17.7 Å². The number of aromatic nitrogens is 7. The van der Waals surface area contributed by atoms with E-state index >= 15 is 0 Å². The SMILES string of the molecule is C.C.C.C=C1N=C(C(C)C)NO1.CC(C)c1cc(=O)[nH]o1.CC(C)c1cc(=O)[nH]s1.CC(C)c1ncn[nH]1.CC(C)c1ns[nH]c1=O.CNC(=O)C(C)C.CNC(=O)C(C)C.Cc1cocc(C(C)C)c1=O. The van der Waals surface area contributed by atoms with Gasteiger partial charge < -0.3 is 24.4 Å². The molecule has 20 nitrogen and oxygen atoms in total. The van der Waals surface area contributed by atoms with Crippen LogP contribution in [0.5, 0.6) is 0 Å². The summed E-state index contributed by atoms with van der Waals surface area (Å²) >= 11 is 2.53. The van der Waals surface area contributed by atoms with Crippen molar-refractivity contribution < 1.29 is 23.4 Å². The van der Waals surface area contributed by atoms with Gasteiger partial charge in [-0.3, -0.25) is 42.6 Å². The van der Waals surface area contributed by atoms with Gasteiger partial charge in [-0.05, 0) is 25.3 Å². The van der Waals surface area contributed by atoms with Crippen LogP contribution in [0.4, 0.5) is 0 Å². The van der Waals surface area contributed by atoms with Crippen molar-refractivity contribution in [2.45, 2.75) is 170 Å². The molecule has 72 heavy (non-hydrogen) atoms. The molecule has 7 N–H and O–H groups in total. The first-order chi connectivity index (χ1) is 32.1. The third-order valence-corrected chi connectivity index (χ3v) is 10.2. The lowest BCUT2D eigenvalue weighted by atomic mass is 10.0. The van der Waals surface area contributed by atoms with E-state index in [0.717, 1.165) is 33.8 Å². The monoisotopic (exact) mass is 1050 g/mol. The topological polar surface area (TPSA) is 288 Å². The Labute approximate surface area is 436 Å². The van der Waals surface area contributed by atoms with Gasteiger partial charge in [-0.2, -0.15) is 19.6 Å². The smallest absolute Gasteiger partial charge is 0.281 e. The maximum atomic E-state index is 11.4. The molecule has 5 aromatic rings. The van der Waals surface area contributed by atoms with Crippen LogP contribution in [-0.2, 0) is 14.4 Å². The summed E-state index contributed by atoms with van der Waals surface area (Å²) in [6, 6.07) is 3.11. The quantitative estimate of drug-likeness (QED) is 0.0762. The number of nitrogens with one attached hydrogen (secondary N) is 7. The lowest BCUT2D eigenvalue weighted by Crippen LogP contribution is -2.22. The third kappa shape index (κ3) is 32.7. The van der Waals surface area contributed by atoms with Crippen LogP contribution in [0.25, 0.3) is 0 Å². The molecule has 0 unspecified atom stereocenters. The van der Waals surface area contributed by atoms with Gasteiger partial charge in [0.15, 0.2) is 5.43 Å². The fourth-order valence-electron chi connectivity index (χ4n) is 4.29. The zero-order valence-corrected chi connectivity index (χ0v) is 45.6. The predicted octanol–water partition coefficient (Wildman–Crippen LogP) is 10.3. The highest BCUT2D eigenvalue weighted by Gasteiger charge is 2.12. The standard InChI is InChI=1S/C9H12O2.C6H10N2O.C6H9NO2.C6H9NOS.C5H9N3.C5H8N2OS.2C5H11NO.3CH4/c1-6(2)8-5-11-4-7(3)9(8)10;1-4(2)6-7-5(3)9-8-6;2*1-4(2)5-3-6(8)7-9-5;1-4(2)5-6-3-7-8-5;1-3(2)4-5(8)7-9-6-4;2*1-4(2)5(7)6-3;;;/h4-6H,1-3H3;4H,3H2,1-2H3,(H,7,8);2*3-4H,1-2H3,(H,7,8);3-4H,1-2H3,(H,6,7,8);3H,1-2H3,(H,7,8);2*4H,1-3H3,(H,6,7);3*1H4. The first-order valence-corrected chi connectivity index (χ1v) is 24.2. The minimum absolute atomic E-state index is 0. The zero-order chi connectivity index (χ0) is 53.6. The van der Waals surface area contributed by atoms with E-state index in [9.17, 15) is 28.8 Å². The molecule has 412 valence electrons. The lowest BCUT2D eigenvalue weighted by Gasteiger charge is -2.02. The fourth-order valence-corrected chi connectivity index (χ4v) is 5.59. The van der Waals surface area contributed by atoms with Crippen molar-refractivity contribution in [1.29, 1.82) is 0 Å². The van der Waals surface area contributed by atoms with Gasteiger partial charge in [-0.1, -0.05) is 145 Å². The Morgan fingerprint density at radius 1 is 0.694 bits per heavy atom. The second-order valence-electron chi connectivity index (χ2n) is 17.5. The van der Waals surface area contributed by atoms with Crippen molar-refractivity contribution in [3.8, 4) is 0 Å². The summed E-state index contributed by atoms with van der Waals surface area (Å²) in [4.78, 5) is 77.7. The molecular weight excluding hydrogens is 963 g/mol. The van der Waals surface area contributed by atoms with Gasteiger partial charge in [0.25, 0.3) is 16.7 Å². The summed E-state index contributed by atoms with van der Waals surface area (Å²) in [7, 11) is 3.28. The Morgan fingerprint density at radius 2 is 1.25 bits per heavy atom. The van der Waals surface area contributed by atoms with E-state index < -0.39 is 0 Å². The van der Waals surface area contributed by atoms with Gasteiger partial charge in [-0.25, -0.2) is 10.5 Å². The Hall–Kier alpha value is -6.16. The molecule has 0 aromatic carbocycles. The summed E-state index contributed by atoms with van der Waals surface area (Å²) in [5.74, 6) is 5.43. The Balaban J connectivity index is -0.000000237. The molecule has 6 rings (SSSR count). The number of aromatic amines is 4. The van der Waals surface area contributed by atoms with Crippen LogP contribution in [0.3, 0.4) is 0 Å². The number of carbonyl (C=O) groups excluding carboxylic acids is 2. The average Bonchev–Trinajstić information content (AvgIpc) is 4.15. The third-order valence-electron chi connectivity index (χ3n) is 8.56. The van der Waals surface area contributed by atoms with E-state index in [-0.39, 0.29) is 85.8 Å². The number of aliphatic imine (C=N–C) groups is 1. The molecule has 0 saturated carbocycles. The summed E-state index contributed by atoms with van der Waals surface area (Å²) in [6.07, 6.45) is 4.53. The molecule has 1 aliphatic rings. The number of amides is 2. The van der Waals surface area contributed by atoms with E-state index in [0.29, 0.717) is 40.7 Å². The summed E-state index contributed by atoms with van der Waals surface area (Å²) in [5, 5.41) is 13.8. The molecule has 0 bridgehead atoms. The van der Waals surface area contributed by atoms with Crippen molar-refractivity contribution in [2.75, 3.05) is 14.1 Å². The molecule has 6 heterocycles. The van der Waals surface area contributed by atoms with Gasteiger partial charge >= 0.3 is 0 Å². The number of hydrogen-bond donors (Lipinski definition) is 7. The molecular formula is C50H91N11O9S2. The van der Waals surface area contributed by atoms with Crippen molar-refractivity contribution in [2.24, 2.45) is 22.7 Å². The van der Waals surface area contributed by atoms with Gasteiger partial charge in [0.05, 0.1) is 12.5 Å². The van der Waals surface area contributed by atoms with E-state index in [2.05, 4.69) is 88.8 Å². The van der Waals surface area contributed by atoms with E-state index in [1.807, 2.05) is 83.1 Å². The maximum Gasteiger partial charge on any atom is 0.281 e. The number of hydroxylamine groups is 1. The van der Waals surface area contributed by atoms with Crippen LogP contribution in [0, 0.1) is 24.7 Å². The number of nitrogens with zero attached hydrogens (tertiary/aromatic N) is 4. The number of carbonyl (C=O) groups is 2. The van der Waals surface area contributed by atoms with Gasteiger partial charge in [0.1, 0.15) is 29.4 Å². The predicted molar refractivity (Wildman–Crippen MR) is 297 cm³/mol. The van der Waals surface area contributed by atoms with Crippen molar-refractivity contribution in [3.63, 3.8) is 0 Å². The molecule has 22 heteroatoms. The van der Waals surface area contributed by atoms with Crippen LogP contribution in [0.1, 0.15) is 196 Å². The summed E-state index contributed by atoms with van der Waals surface area (Å²) < 4.78 is 18.8. The highest BCUT2D eigenvalue weighted by atomic mass is 32.1. The van der Waals surface area contributed by atoms with E-state index in [1.165, 1.54) is 36.5 Å². The molecule has 0 saturated heterocycles. The fraction of sp³-hybridized carbons (Fsp3) is 0.600. The number of amidine groups is 1. The first-order valence-electron chi connectivity index (χ1n) is 22.6. The lowest BCUT2D eigenvalue weighted by molar-refractivity contribution is -0.124. The molecule has 1 aliphatic heterocycles. The largest absolute Gasteiger partial charge is 0.472 e. The van der Waals surface area contributed by atoms with Gasteiger partial charge in [-0.15, -0.1) is 0 Å². The second-order valence-corrected chi connectivity index (χ2v) is 18.9. The van der Waals surface area contributed by atoms with Crippen molar-refractivity contribution in [1.82, 2.24) is 49.6 Å². The highest BCUT2D eigenvalue weighted by molar-refractivity contribution is 7.05. The minimum atomic E-state index is -0.168. The highest BCUT2D eigenvalue weighted by Crippen LogP contribution is 2.14. The maximum absolute atomic E-state index is 11.4. The first kappa shape index (κ1) is 74.8. The summed E-state index contributed by atoms with van der Waals surface area (Å²) in [5.41, 5.74) is 4.63. The molecule has 2 amide bonds. The van der Waals surface area contributed by atoms with Crippen LogP contribution in [-0.4, -0.2) is 65.2 Å². The Kier molecular flexibility index (Phi) is 42.0. The average molecular weight is 1050 g/mol. The van der Waals surface area contributed by atoms with Crippen LogP contribution < -0.4 is 38.2 Å². The van der Waals surface area contributed by atoms with Crippen molar-refractivity contribution in [3.05, 3.63) is 118 Å². The minimum Gasteiger partial charge on any atom is -0.472 e. The molecule has 0 fully saturated rings. The second kappa shape index (κ2) is 40.4. The normalized spacial score (nSPS) is 10.7. The van der Waals surface area contributed by atoms with Crippen LogP contribution in [0.2, 0.25) is 0 Å². The Bertz CT molecular complexity index is 2360. The molecule has 0 spiro atoms. The molecule has 0 atom stereocenters. The number of rotatable bonds is 8. The van der Waals surface area contributed by atoms with Crippen LogP contribution >= 0.6 is 23.3 Å². The number of aryl methyl sites for hydroxylation is 1. The molecule has 0 aliphatic carbocycles. The van der Waals surface area contributed by atoms with Crippen LogP contribution in [0.15, 0.2) is 76.6 Å². The van der Waals surface area contributed by atoms with E-state index in [1.54, 1.807) is 27.1 Å².